The highest BCUT2D eigenvalue weighted by molar-refractivity contribution is 8.00. The number of thioether (sulfide) groups is 1. The summed E-state index contributed by atoms with van der Waals surface area (Å²) >= 11 is 2.46. The zero-order valence-electron chi connectivity index (χ0n) is 18.6. The molecular weight excluding hydrogens is 486 g/mol. The van der Waals surface area contributed by atoms with Gasteiger partial charge in [0.25, 0.3) is 11.8 Å². The highest BCUT2D eigenvalue weighted by atomic mass is 32.2. The molecule has 0 aromatic carbocycles. The van der Waals surface area contributed by atoms with Gasteiger partial charge in [0.05, 0.1) is 5.92 Å². The maximum atomic E-state index is 12.9. The molecule has 2 amide bonds. The first-order valence-electron chi connectivity index (χ1n) is 9.97. The van der Waals surface area contributed by atoms with Gasteiger partial charge >= 0.3 is 11.9 Å². The van der Waals surface area contributed by atoms with Gasteiger partial charge < -0.3 is 25.4 Å². The Balaban J connectivity index is 1.71. The zero-order valence-corrected chi connectivity index (χ0v) is 20.2. The van der Waals surface area contributed by atoms with Crippen molar-refractivity contribution in [3.05, 3.63) is 35.0 Å². The molecule has 1 fully saturated rings. The molecule has 182 valence electrons. The predicted octanol–water partition coefficient (Wildman–Crippen LogP) is 0.616. The van der Waals surface area contributed by atoms with Crippen LogP contribution in [0.2, 0.25) is 0 Å². The normalized spacial score (nSPS) is 19.8. The van der Waals surface area contributed by atoms with E-state index in [0.29, 0.717) is 11.3 Å². The number of rotatable bonds is 9. The number of amides is 2. The fourth-order valence-electron chi connectivity index (χ4n) is 3.07. The van der Waals surface area contributed by atoms with Gasteiger partial charge in [-0.25, -0.2) is 9.78 Å². The van der Waals surface area contributed by atoms with Crippen LogP contribution < -0.4 is 11.1 Å². The third kappa shape index (κ3) is 5.07. The lowest BCUT2D eigenvalue weighted by atomic mass is 10.0. The zero-order chi connectivity index (χ0) is 25.0. The minimum Gasteiger partial charge on any atom is -0.428 e. The molecule has 0 bridgehead atoms. The van der Waals surface area contributed by atoms with Crippen molar-refractivity contribution < 1.29 is 33.5 Å². The van der Waals surface area contributed by atoms with E-state index in [0.717, 1.165) is 11.3 Å². The lowest BCUT2D eigenvalue weighted by Crippen LogP contribution is -2.71. The third-order valence-corrected chi connectivity index (χ3v) is 6.73. The number of fused-ring (bicyclic) bond motifs is 1. The van der Waals surface area contributed by atoms with Gasteiger partial charge in [0, 0.05) is 11.1 Å². The van der Waals surface area contributed by atoms with E-state index in [9.17, 15) is 19.2 Å². The van der Waals surface area contributed by atoms with E-state index in [1.54, 1.807) is 13.8 Å². The van der Waals surface area contributed by atoms with Crippen LogP contribution in [0.15, 0.2) is 34.5 Å². The summed E-state index contributed by atoms with van der Waals surface area (Å²) < 4.78 is 9.92. The van der Waals surface area contributed by atoms with E-state index in [1.165, 1.54) is 35.2 Å². The standard InChI is InChI=1S/C20H23N5O7S2/c1-5-10-6-33-17-13(23-15(26)12(24-30-4)11-7-34-20(21)22-11)16(27)25(17)14(10)19(29)32-8-31-18(28)9(2)3/h5,7,9,13,17H,1,6,8H2,2-4H3,(H2,21,22)(H,23,26)/b24-12-/t13?,17-/m0/s1. The molecule has 12 nitrogen and oxygen atoms in total. The predicted molar refractivity (Wildman–Crippen MR) is 124 cm³/mol. The van der Waals surface area contributed by atoms with Gasteiger partial charge in [-0.2, -0.15) is 0 Å². The molecule has 3 heterocycles. The summed E-state index contributed by atoms with van der Waals surface area (Å²) in [5.74, 6) is -2.61. The Labute approximate surface area is 203 Å². The van der Waals surface area contributed by atoms with Gasteiger partial charge in [-0.15, -0.1) is 23.1 Å². The minimum absolute atomic E-state index is 0.00657. The summed E-state index contributed by atoms with van der Waals surface area (Å²) in [4.78, 5) is 60.0. The summed E-state index contributed by atoms with van der Waals surface area (Å²) in [6, 6.07) is -0.927. The van der Waals surface area contributed by atoms with E-state index in [1.807, 2.05) is 0 Å². The van der Waals surface area contributed by atoms with Gasteiger partial charge in [-0.1, -0.05) is 31.7 Å². The fraction of sp³-hybridized carbons (Fsp3) is 0.400. The van der Waals surface area contributed by atoms with Gasteiger partial charge in [0.2, 0.25) is 6.79 Å². The van der Waals surface area contributed by atoms with Crippen molar-refractivity contribution in [2.24, 2.45) is 11.1 Å². The Morgan fingerprint density at radius 2 is 2.15 bits per heavy atom. The van der Waals surface area contributed by atoms with Gasteiger partial charge in [0.1, 0.15) is 29.9 Å². The minimum atomic E-state index is -0.927. The van der Waals surface area contributed by atoms with Crippen molar-refractivity contribution in [2.75, 3.05) is 25.4 Å². The molecule has 2 aliphatic heterocycles. The van der Waals surface area contributed by atoms with Crippen LogP contribution in [-0.2, 0) is 33.5 Å². The number of carbonyl (C=O) groups excluding carboxylic acids is 4. The number of esters is 2. The van der Waals surface area contributed by atoms with Crippen LogP contribution in [0.1, 0.15) is 19.5 Å². The number of nitrogen functional groups attached to an aromatic ring is 1. The molecule has 1 aromatic heterocycles. The summed E-state index contributed by atoms with van der Waals surface area (Å²) in [6.45, 7) is 6.39. The molecule has 3 rings (SSSR count). The molecule has 2 atom stereocenters. The van der Waals surface area contributed by atoms with Crippen LogP contribution >= 0.6 is 23.1 Å². The topological polar surface area (TPSA) is 163 Å². The molecule has 1 unspecified atom stereocenters. The van der Waals surface area contributed by atoms with Crippen molar-refractivity contribution in [3.63, 3.8) is 0 Å². The Hall–Kier alpha value is -3.39. The first kappa shape index (κ1) is 25.2. The first-order valence-corrected chi connectivity index (χ1v) is 11.9. The number of oxime groups is 1. The number of hydrogen-bond acceptors (Lipinski definition) is 12. The van der Waals surface area contributed by atoms with Crippen LogP contribution in [-0.4, -0.2) is 70.4 Å². The van der Waals surface area contributed by atoms with Crippen molar-refractivity contribution in [1.29, 1.82) is 0 Å². The van der Waals surface area contributed by atoms with E-state index >= 15 is 0 Å². The van der Waals surface area contributed by atoms with Crippen molar-refractivity contribution >= 4 is 57.7 Å². The summed E-state index contributed by atoms with van der Waals surface area (Å²) in [5.41, 5.74) is 6.17. The highest BCUT2D eigenvalue weighted by Gasteiger charge is 2.54. The Bertz CT molecular complexity index is 1080. The number of nitrogens with zero attached hydrogens (tertiary/aromatic N) is 3. The number of anilines is 1. The maximum Gasteiger partial charge on any atom is 0.358 e. The molecule has 0 spiro atoms. The summed E-state index contributed by atoms with van der Waals surface area (Å²) in [5, 5.41) is 7.53. The van der Waals surface area contributed by atoms with Crippen molar-refractivity contribution in [3.8, 4) is 0 Å². The number of β-lactam (4-membered cyclic amide) rings is 1. The third-order valence-electron chi connectivity index (χ3n) is 4.75. The molecular formula is C20H23N5O7S2. The first-order chi connectivity index (χ1) is 16.2. The summed E-state index contributed by atoms with van der Waals surface area (Å²) in [6.07, 6.45) is 1.45. The molecule has 0 saturated carbocycles. The molecule has 3 N–H and O–H groups in total. The van der Waals surface area contributed by atoms with Crippen LogP contribution in [0.4, 0.5) is 5.13 Å². The Morgan fingerprint density at radius 3 is 2.74 bits per heavy atom. The average molecular weight is 510 g/mol. The summed E-state index contributed by atoms with van der Waals surface area (Å²) in [7, 11) is 1.27. The number of ether oxygens (including phenoxy) is 2. The van der Waals surface area contributed by atoms with E-state index in [2.05, 4.69) is 22.0 Å². The Kier molecular flexibility index (Phi) is 7.94. The molecule has 34 heavy (non-hydrogen) atoms. The van der Waals surface area contributed by atoms with E-state index < -0.39 is 42.0 Å². The monoisotopic (exact) mass is 509 g/mol. The number of carbonyl (C=O) groups is 4. The molecule has 14 heteroatoms. The number of aromatic nitrogens is 1. The van der Waals surface area contributed by atoms with Crippen molar-refractivity contribution in [2.45, 2.75) is 25.3 Å². The number of nitrogens with one attached hydrogen (secondary N) is 1. The van der Waals surface area contributed by atoms with Crippen LogP contribution in [0.5, 0.6) is 0 Å². The van der Waals surface area contributed by atoms with Crippen LogP contribution in [0.3, 0.4) is 0 Å². The second-order valence-electron chi connectivity index (χ2n) is 7.30. The highest BCUT2D eigenvalue weighted by Crippen LogP contribution is 2.41. The lowest BCUT2D eigenvalue weighted by molar-refractivity contribution is -0.170. The lowest BCUT2D eigenvalue weighted by Gasteiger charge is -2.49. The quantitative estimate of drug-likeness (QED) is 0.159. The van der Waals surface area contributed by atoms with Crippen LogP contribution in [0, 0.1) is 5.92 Å². The molecule has 2 aliphatic rings. The van der Waals surface area contributed by atoms with E-state index in [4.69, 9.17) is 20.0 Å². The molecule has 1 saturated heterocycles. The van der Waals surface area contributed by atoms with Crippen LogP contribution in [0.25, 0.3) is 0 Å². The molecule has 0 radical (unpaired) electrons. The number of thiazole rings is 1. The van der Waals surface area contributed by atoms with Gasteiger partial charge in [0.15, 0.2) is 10.8 Å². The van der Waals surface area contributed by atoms with Gasteiger partial charge in [-0.3, -0.25) is 19.3 Å². The number of hydrogen-bond donors (Lipinski definition) is 2. The molecule has 1 aromatic rings. The average Bonchev–Trinajstić information content (AvgIpc) is 3.24. The second kappa shape index (κ2) is 10.7. The second-order valence-corrected chi connectivity index (χ2v) is 9.29. The SMILES string of the molecule is C=CC1=C(C(=O)OCOC(=O)C(C)C)N2C(=O)C(NC(=O)/C(=N\OC)c3csc(N)n3)[C@@H]2SC1. The maximum absolute atomic E-state index is 12.9. The molecule has 0 aliphatic carbocycles. The van der Waals surface area contributed by atoms with E-state index in [-0.39, 0.29) is 28.2 Å². The smallest absolute Gasteiger partial charge is 0.358 e. The van der Waals surface area contributed by atoms with Gasteiger partial charge in [-0.05, 0) is 5.57 Å². The Morgan fingerprint density at radius 1 is 1.41 bits per heavy atom. The number of nitrogens with two attached hydrogens (primary N) is 1. The fourth-order valence-corrected chi connectivity index (χ4v) is 4.95. The number of allylic oxidation sites excluding steroid dienone is 1. The largest absolute Gasteiger partial charge is 0.428 e. The van der Waals surface area contributed by atoms with Crippen molar-refractivity contribution in [1.82, 2.24) is 15.2 Å².